The minimum Gasteiger partial charge on any atom is -0.459 e. The number of rotatable bonds is 6. The van der Waals surface area contributed by atoms with Gasteiger partial charge in [-0.1, -0.05) is 6.08 Å². The largest absolute Gasteiger partial charge is 0.459 e. The fourth-order valence-corrected chi connectivity index (χ4v) is 3.15. The van der Waals surface area contributed by atoms with Crippen molar-refractivity contribution in [2.24, 2.45) is 0 Å². The summed E-state index contributed by atoms with van der Waals surface area (Å²) in [6, 6.07) is 3.24. The zero-order valence-electron chi connectivity index (χ0n) is 13.6. The van der Waals surface area contributed by atoms with Crippen LogP contribution in [0.25, 0.3) is 0 Å². The van der Waals surface area contributed by atoms with Crippen molar-refractivity contribution in [3.63, 3.8) is 0 Å². The number of sulfonamides is 1. The average Bonchev–Trinajstić information content (AvgIpc) is 3.07. The molecule has 132 valence electrons. The third-order valence-electron chi connectivity index (χ3n) is 3.76. The van der Waals surface area contributed by atoms with Gasteiger partial charge in [-0.2, -0.15) is 4.31 Å². The summed E-state index contributed by atoms with van der Waals surface area (Å²) in [7, 11) is -3.48. The van der Waals surface area contributed by atoms with Gasteiger partial charge < -0.3 is 14.2 Å². The number of nitrogens with zero attached hydrogens (tertiary/aromatic N) is 3. The number of hydrogen-bond acceptors (Lipinski definition) is 5. The number of amides is 2. The highest BCUT2D eigenvalue weighted by molar-refractivity contribution is 7.88. The van der Waals surface area contributed by atoms with E-state index < -0.39 is 10.0 Å². The average molecular weight is 355 g/mol. The van der Waals surface area contributed by atoms with E-state index in [1.807, 2.05) is 0 Å². The van der Waals surface area contributed by atoms with Crippen LogP contribution in [-0.4, -0.2) is 79.9 Å². The highest BCUT2D eigenvalue weighted by atomic mass is 32.2. The van der Waals surface area contributed by atoms with Crippen LogP contribution in [0.4, 0.5) is 0 Å². The van der Waals surface area contributed by atoms with E-state index in [-0.39, 0.29) is 30.7 Å². The van der Waals surface area contributed by atoms with Crippen LogP contribution < -0.4 is 0 Å². The SMILES string of the molecule is C=CCN(CC(=O)N1CCN(C(=O)c2ccco2)CC1)S(C)(=O)=O. The van der Waals surface area contributed by atoms with Crippen molar-refractivity contribution < 1.29 is 22.4 Å². The van der Waals surface area contributed by atoms with Gasteiger partial charge in [-0.25, -0.2) is 8.42 Å². The van der Waals surface area contributed by atoms with Gasteiger partial charge in [0.2, 0.25) is 15.9 Å². The van der Waals surface area contributed by atoms with Crippen LogP contribution in [0.1, 0.15) is 10.6 Å². The molecule has 1 aromatic rings. The van der Waals surface area contributed by atoms with E-state index in [0.29, 0.717) is 26.2 Å². The maximum absolute atomic E-state index is 12.3. The summed E-state index contributed by atoms with van der Waals surface area (Å²) in [6.07, 6.45) is 3.93. The molecule has 0 bridgehead atoms. The lowest BCUT2D eigenvalue weighted by molar-refractivity contribution is -0.132. The summed E-state index contributed by atoms with van der Waals surface area (Å²) >= 11 is 0. The first-order valence-electron chi connectivity index (χ1n) is 7.49. The molecular formula is C15H21N3O5S. The van der Waals surface area contributed by atoms with Gasteiger partial charge in [0.15, 0.2) is 5.76 Å². The van der Waals surface area contributed by atoms with Gasteiger partial charge in [-0.15, -0.1) is 6.58 Å². The van der Waals surface area contributed by atoms with E-state index in [4.69, 9.17) is 4.42 Å². The minimum atomic E-state index is -3.48. The van der Waals surface area contributed by atoms with Gasteiger partial charge in [-0.05, 0) is 12.1 Å². The summed E-state index contributed by atoms with van der Waals surface area (Å²) in [6.45, 7) is 4.84. The lowest BCUT2D eigenvalue weighted by atomic mass is 10.2. The highest BCUT2D eigenvalue weighted by Crippen LogP contribution is 2.10. The van der Waals surface area contributed by atoms with Gasteiger partial charge in [0.1, 0.15) is 0 Å². The van der Waals surface area contributed by atoms with Crippen LogP contribution in [-0.2, 0) is 14.8 Å². The van der Waals surface area contributed by atoms with E-state index >= 15 is 0 Å². The van der Waals surface area contributed by atoms with Crippen molar-refractivity contribution >= 4 is 21.8 Å². The normalized spacial score (nSPS) is 15.6. The molecule has 1 fully saturated rings. The fraction of sp³-hybridized carbons (Fsp3) is 0.467. The zero-order valence-corrected chi connectivity index (χ0v) is 14.4. The van der Waals surface area contributed by atoms with Crippen LogP contribution >= 0.6 is 0 Å². The molecule has 2 amide bonds. The Morgan fingerprint density at radius 3 is 2.42 bits per heavy atom. The molecule has 1 saturated heterocycles. The molecule has 24 heavy (non-hydrogen) atoms. The third-order valence-corrected chi connectivity index (χ3v) is 4.98. The van der Waals surface area contributed by atoms with Crippen molar-refractivity contribution in [1.82, 2.24) is 14.1 Å². The topological polar surface area (TPSA) is 91.1 Å². The van der Waals surface area contributed by atoms with Crippen LogP contribution in [0.5, 0.6) is 0 Å². The third kappa shape index (κ3) is 4.45. The maximum Gasteiger partial charge on any atom is 0.289 e. The van der Waals surface area contributed by atoms with E-state index in [1.54, 1.807) is 21.9 Å². The fourth-order valence-electron chi connectivity index (χ4n) is 2.43. The summed E-state index contributed by atoms with van der Waals surface area (Å²) < 4.78 is 29.5. The number of piperazine rings is 1. The van der Waals surface area contributed by atoms with E-state index in [2.05, 4.69) is 6.58 Å². The van der Waals surface area contributed by atoms with Crippen molar-refractivity contribution in [3.05, 3.63) is 36.8 Å². The van der Waals surface area contributed by atoms with E-state index in [9.17, 15) is 18.0 Å². The second-order valence-corrected chi connectivity index (χ2v) is 7.48. The van der Waals surface area contributed by atoms with Gasteiger partial charge in [0, 0.05) is 32.7 Å². The Balaban J connectivity index is 1.90. The number of carbonyl (C=O) groups excluding carboxylic acids is 2. The number of hydrogen-bond donors (Lipinski definition) is 0. The molecule has 2 rings (SSSR count). The minimum absolute atomic E-state index is 0.0848. The van der Waals surface area contributed by atoms with Crippen molar-refractivity contribution in [2.75, 3.05) is 45.5 Å². The first kappa shape index (κ1) is 18.2. The molecule has 0 aliphatic carbocycles. The molecule has 0 unspecified atom stereocenters. The van der Waals surface area contributed by atoms with Gasteiger partial charge in [0.05, 0.1) is 19.1 Å². The van der Waals surface area contributed by atoms with Crippen LogP contribution in [0, 0.1) is 0 Å². The molecule has 0 spiro atoms. The molecule has 0 aromatic carbocycles. The van der Waals surface area contributed by atoms with Gasteiger partial charge in [0.25, 0.3) is 5.91 Å². The molecular weight excluding hydrogens is 334 g/mol. The summed E-state index contributed by atoms with van der Waals surface area (Å²) in [4.78, 5) is 27.6. The standard InChI is InChI=1S/C15H21N3O5S/c1-3-6-18(24(2,21)22)12-14(19)16-7-9-17(10-8-16)15(20)13-5-4-11-23-13/h3-5,11H,1,6-10,12H2,2H3. The van der Waals surface area contributed by atoms with Crippen molar-refractivity contribution in [2.45, 2.75) is 0 Å². The Kier molecular flexibility index (Phi) is 5.79. The Bertz CT molecular complexity index is 691. The molecule has 0 saturated carbocycles. The second-order valence-electron chi connectivity index (χ2n) is 5.49. The molecule has 0 N–H and O–H groups in total. The number of carbonyl (C=O) groups is 2. The second kappa shape index (κ2) is 7.63. The quantitative estimate of drug-likeness (QED) is 0.671. The highest BCUT2D eigenvalue weighted by Gasteiger charge is 2.28. The van der Waals surface area contributed by atoms with Crippen LogP contribution in [0.2, 0.25) is 0 Å². The predicted molar refractivity (Wildman–Crippen MR) is 87.8 cm³/mol. The van der Waals surface area contributed by atoms with Crippen molar-refractivity contribution in [1.29, 1.82) is 0 Å². The predicted octanol–water partition coefficient (Wildman–Crippen LogP) is 0.0116. The molecule has 2 heterocycles. The molecule has 8 nitrogen and oxygen atoms in total. The maximum atomic E-state index is 12.3. The Hall–Kier alpha value is -2.13. The summed E-state index contributed by atoms with van der Waals surface area (Å²) in [5.74, 6) is -0.229. The number of furan rings is 1. The van der Waals surface area contributed by atoms with Gasteiger partial charge in [-0.3, -0.25) is 9.59 Å². The Labute approximate surface area is 141 Å². The first-order chi connectivity index (χ1) is 11.3. The van der Waals surface area contributed by atoms with Crippen LogP contribution in [0.3, 0.4) is 0 Å². The molecule has 1 aromatic heterocycles. The molecule has 9 heteroatoms. The monoisotopic (exact) mass is 355 g/mol. The lowest BCUT2D eigenvalue weighted by Gasteiger charge is -2.35. The molecule has 1 aliphatic heterocycles. The summed E-state index contributed by atoms with van der Waals surface area (Å²) in [5.41, 5.74) is 0. The van der Waals surface area contributed by atoms with Crippen molar-refractivity contribution in [3.8, 4) is 0 Å². The van der Waals surface area contributed by atoms with Crippen LogP contribution in [0.15, 0.2) is 35.5 Å². The Morgan fingerprint density at radius 2 is 1.92 bits per heavy atom. The molecule has 1 aliphatic rings. The van der Waals surface area contributed by atoms with Gasteiger partial charge >= 0.3 is 0 Å². The first-order valence-corrected chi connectivity index (χ1v) is 9.34. The molecule has 0 radical (unpaired) electrons. The summed E-state index contributed by atoms with van der Waals surface area (Å²) in [5, 5.41) is 0. The zero-order chi connectivity index (χ0) is 17.7. The Morgan fingerprint density at radius 1 is 1.29 bits per heavy atom. The van der Waals surface area contributed by atoms with E-state index in [1.165, 1.54) is 12.3 Å². The lowest BCUT2D eigenvalue weighted by Crippen LogP contribution is -2.53. The molecule has 0 atom stereocenters. The smallest absolute Gasteiger partial charge is 0.289 e. The van der Waals surface area contributed by atoms with E-state index in [0.717, 1.165) is 10.6 Å².